The van der Waals surface area contributed by atoms with E-state index >= 15 is 0 Å². The third-order valence-corrected chi connectivity index (χ3v) is 5.27. The summed E-state index contributed by atoms with van der Waals surface area (Å²) in [5.41, 5.74) is 1.55. The fourth-order valence-electron chi connectivity index (χ4n) is 3.62. The molecule has 3 rings (SSSR count). The summed E-state index contributed by atoms with van der Waals surface area (Å²) >= 11 is 0. The lowest BCUT2D eigenvalue weighted by molar-refractivity contribution is -0.136. The van der Waals surface area contributed by atoms with Crippen LogP contribution in [0, 0.1) is 0 Å². The van der Waals surface area contributed by atoms with Crippen molar-refractivity contribution in [1.29, 1.82) is 0 Å². The van der Waals surface area contributed by atoms with Crippen molar-refractivity contribution >= 4 is 23.6 Å². The van der Waals surface area contributed by atoms with Crippen LogP contribution >= 0.6 is 0 Å². The minimum absolute atomic E-state index is 0.110. The van der Waals surface area contributed by atoms with Crippen LogP contribution in [0.25, 0.3) is 0 Å². The third-order valence-electron chi connectivity index (χ3n) is 5.27. The summed E-state index contributed by atoms with van der Waals surface area (Å²) < 4.78 is 11.0. The van der Waals surface area contributed by atoms with Crippen molar-refractivity contribution in [3.8, 4) is 0 Å². The molecule has 1 fully saturated rings. The first-order chi connectivity index (χ1) is 14.5. The quantitative estimate of drug-likeness (QED) is 0.436. The Bertz CT molecular complexity index is 822. The van der Waals surface area contributed by atoms with Gasteiger partial charge in [-0.15, -0.1) is 0 Å². The largest absolute Gasteiger partial charge is 0.379 e. The van der Waals surface area contributed by atoms with E-state index in [0.29, 0.717) is 37.4 Å². The molecule has 2 aliphatic heterocycles. The van der Waals surface area contributed by atoms with Gasteiger partial charge in [-0.05, 0) is 43.4 Å². The molecule has 8 nitrogen and oxygen atoms in total. The standard InChI is InChI=1S/C22H28N2O6/c1-2-3-10-29-12-13-30-11-4-5-15-6-7-16-17(14-15)22(28)24(21(16)27)18-8-9-19(25)23-20(18)26/h6-7,14,18H,2-5,8-13H2,1H3,(H,23,25,26). The monoisotopic (exact) mass is 416 g/mol. The number of benzene rings is 1. The fourth-order valence-corrected chi connectivity index (χ4v) is 3.62. The smallest absolute Gasteiger partial charge is 0.262 e. The van der Waals surface area contributed by atoms with E-state index in [1.165, 1.54) is 0 Å². The van der Waals surface area contributed by atoms with Crippen molar-refractivity contribution in [3.63, 3.8) is 0 Å². The molecule has 4 amide bonds. The maximum absolute atomic E-state index is 12.8. The molecule has 1 aromatic carbocycles. The molecule has 0 aromatic heterocycles. The van der Waals surface area contributed by atoms with E-state index in [9.17, 15) is 19.2 Å². The minimum Gasteiger partial charge on any atom is -0.379 e. The maximum Gasteiger partial charge on any atom is 0.262 e. The van der Waals surface area contributed by atoms with Gasteiger partial charge in [0.2, 0.25) is 11.8 Å². The number of hydrogen-bond acceptors (Lipinski definition) is 6. The van der Waals surface area contributed by atoms with E-state index in [-0.39, 0.29) is 18.7 Å². The summed E-state index contributed by atoms with van der Waals surface area (Å²) in [6.07, 6.45) is 3.93. The number of hydrogen-bond donors (Lipinski definition) is 1. The Labute approximate surface area is 175 Å². The molecule has 1 saturated heterocycles. The number of aryl methyl sites for hydroxylation is 1. The SMILES string of the molecule is CCCCOCCOCCCc1ccc2c(c1)C(=O)N(C1CCC(=O)NC1=O)C2=O. The molecule has 0 saturated carbocycles. The number of rotatable bonds is 11. The first-order valence-electron chi connectivity index (χ1n) is 10.5. The highest BCUT2D eigenvalue weighted by atomic mass is 16.5. The van der Waals surface area contributed by atoms with E-state index in [4.69, 9.17) is 9.47 Å². The van der Waals surface area contributed by atoms with E-state index < -0.39 is 23.8 Å². The topological polar surface area (TPSA) is 102 Å². The van der Waals surface area contributed by atoms with E-state index in [0.717, 1.165) is 36.3 Å². The molecule has 8 heteroatoms. The van der Waals surface area contributed by atoms with Gasteiger partial charge in [-0.2, -0.15) is 0 Å². The van der Waals surface area contributed by atoms with Crippen molar-refractivity contribution < 1.29 is 28.7 Å². The highest BCUT2D eigenvalue weighted by molar-refractivity contribution is 6.23. The fraction of sp³-hybridized carbons (Fsp3) is 0.545. The highest BCUT2D eigenvalue weighted by Crippen LogP contribution is 2.28. The summed E-state index contributed by atoms with van der Waals surface area (Å²) in [6.45, 7) is 4.61. The average Bonchev–Trinajstić information content (AvgIpc) is 2.97. The molecule has 0 radical (unpaired) electrons. The first kappa shape index (κ1) is 22.1. The second-order valence-corrected chi connectivity index (χ2v) is 7.51. The van der Waals surface area contributed by atoms with Gasteiger partial charge in [-0.25, -0.2) is 0 Å². The minimum atomic E-state index is -0.938. The number of nitrogens with one attached hydrogen (secondary N) is 1. The third kappa shape index (κ3) is 5.12. The Hall–Kier alpha value is -2.58. The summed E-state index contributed by atoms with van der Waals surface area (Å²) in [5.74, 6) is -1.95. The molecule has 1 atom stereocenters. The Balaban J connectivity index is 1.50. The summed E-state index contributed by atoms with van der Waals surface area (Å²) in [7, 11) is 0. The Morgan fingerprint density at radius 2 is 1.67 bits per heavy atom. The predicted molar refractivity (Wildman–Crippen MR) is 108 cm³/mol. The van der Waals surface area contributed by atoms with Crippen molar-refractivity contribution in [2.75, 3.05) is 26.4 Å². The molecule has 0 aliphatic carbocycles. The lowest BCUT2D eigenvalue weighted by atomic mass is 10.0. The Morgan fingerprint density at radius 3 is 2.37 bits per heavy atom. The van der Waals surface area contributed by atoms with Gasteiger partial charge in [-0.3, -0.25) is 29.4 Å². The van der Waals surface area contributed by atoms with Crippen LogP contribution in [0.15, 0.2) is 18.2 Å². The molecule has 30 heavy (non-hydrogen) atoms. The number of fused-ring (bicyclic) bond motifs is 1. The maximum atomic E-state index is 12.8. The van der Waals surface area contributed by atoms with Gasteiger partial charge in [0.25, 0.3) is 11.8 Å². The van der Waals surface area contributed by atoms with Gasteiger partial charge in [0.05, 0.1) is 24.3 Å². The van der Waals surface area contributed by atoms with E-state index in [2.05, 4.69) is 12.2 Å². The van der Waals surface area contributed by atoms with Crippen molar-refractivity contribution in [3.05, 3.63) is 34.9 Å². The van der Waals surface area contributed by atoms with Gasteiger partial charge < -0.3 is 9.47 Å². The molecule has 0 bridgehead atoms. The molecule has 162 valence electrons. The molecule has 1 N–H and O–H groups in total. The number of unbranched alkanes of at least 4 members (excludes halogenated alkanes) is 1. The van der Waals surface area contributed by atoms with Gasteiger partial charge in [0, 0.05) is 19.6 Å². The van der Waals surface area contributed by atoms with Crippen LogP contribution in [0.2, 0.25) is 0 Å². The first-order valence-corrected chi connectivity index (χ1v) is 10.5. The zero-order chi connectivity index (χ0) is 21.5. The summed E-state index contributed by atoms with van der Waals surface area (Å²) in [4.78, 5) is 49.9. The second-order valence-electron chi connectivity index (χ2n) is 7.51. The zero-order valence-corrected chi connectivity index (χ0v) is 17.3. The number of ether oxygens (including phenoxy) is 2. The number of carbonyl (C=O) groups excluding carboxylic acids is 4. The summed E-state index contributed by atoms with van der Waals surface area (Å²) in [5, 5.41) is 2.20. The Morgan fingerprint density at radius 1 is 0.967 bits per heavy atom. The second kappa shape index (κ2) is 10.4. The predicted octanol–water partition coefficient (Wildman–Crippen LogP) is 1.85. The van der Waals surface area contributed by atoms with Crippen LogP contribution in [-0.2, 0) is 25.5 Å². The van der Waals surface area contributed by atoms with Gasteiger partial charge in [0.15, 0.2) is 0 Å². The molecule has 2 heterocycles. The molecule has 0 spiro atoms. The molecule has 2 aliphatic rings. The number of amides is 4. The number of piperidine rings is 1. The highest BCUT2D eigenvalue weighted by Gasteiger charge is 2.44. The summed E-state index contributed by atoms with van der Waals surface area (Å²) in [6, 6.07) is 4.24. The molecular weight excluding hydrogens is 388 g/mol. The van der Waals surface area contributed by atoms with E-state index in [1.807, 2.05) is 6.07 Å². The van der Waals surface area contributed by atoms with Crippen LogP contribution in [0.5, 0.6) is 0 Å². The Kier molecular flexibility index (Phi) is 7.70. The van der Waals surface area contributed by atoms with Crippen molar-refractivity contribution in [1.82, 2.24) is 10.2 Å². The number of imide groups is 2. The lowest BCUT2D eigenvalue weighted by Gasteiger charge is -2.27. The number of carbonyl (C=O) groups is 4. The van der Waals surface area contributed by atoms with E-state index in [1.54, 1.807) is 12.1 Å². The molecular formula is C22H28N2O6. The van der Waals surface area contributed by atoms with Crippen LogP contribution in [0.1, 0.15) is 65.3 Å². The van der Waals surface area contributed by atoms with Gasteiger partial charge >= 0.3 is 0 Å². The van der Waals surface area contributed by atoms with Crippen LogP contribution in [-0.4, -0.2) is 61.0 Å². The molecule has 1 unspecified atom stereocenters. The van der Waals surface area contributed by atoms with Crippen molar-refractivity contribution in [2.24, 2.45) is 0 Å². The average molecular weight is 416 g/mol. The van der Waals surface area contributed by atoms with Crippen molar-refractivity contribution in [2.45, 2.75) is 51.5 Å². The lowest BCUT2D eigenvalue weighted by Crippen LogP contribution is -2.54. The van der Waals surface area contributed by atoms with Crippen LogP contribution in [0.3, 0.4) is 0 Å². The van der Waals surface area contributed by atoms with Gasteiger partial charge in [0.1, 0.15) is 6.04 Å². The molecule has 1 aromatic rings. The normalized spacial score (nSPS) is 18.7. The van der Waals surface area contributed by atoms with Crippen LogP contribution in [0.4, 0.5) is 0 Å². The zero-order valence-electron chi connectivity index (χ0n) is 17.3. The van der Waals surface area contributed by atoms with Crippen LogP contribution < -0.4 is 5.32 Å². The van der Waals surface area contributed by atoms with Gasteiger partial charge in [-0.1, -0.05) is 19.4 Å². The number of nitrogens with zero attached hydrogens (tertiary/aromatic N) is 1.